The van der Waals surface area contributed by atoms with Crippen molar-refractivity contribution in [3.8, 4) is 11.5 Å². The van der Waals surface area contributed by atoms with Crippen molar-refractivity contribution < 1.29 is 34.2 Å². The smallest absolute Gasteiger partial charge is 0.475 e. The predicted molar refractivity (Wildman–Crippen MR) is 116 cm³/mol. The molecule has 1 aliphatic rings. The standard InChI is InChI=1S/C21H33BN2O7/c1-12(2)7-19(22(28)29)24-21(27)17(11-25)23-20(26)13-5-6-16-14(8-13)9-15(30-3)10-18(16)31-4/h9-10,12-13,17,19,25,28-29H,5-8,11H2,1-4H3,(H,23,26)(H,24,27)/t13?,17-,19?/m0/s1. The van der Waals surface area contributed by atoms with Gasteiger partial charge in [0.15, 0.2) is 0 Å². The van der Waals surface area contributed by atoms with E-state index in [1.165, 1.54) is 0 Å². The average molecular weight is 436 g/mol. The summed E-state index contributed by atoms with van der Waals surface area (Å²) in [4.78, 5) is 25.3. The fourth-order valence-electron chi connectivity index (χ4n) is 3.88. The van der Waals surface area contributed by atoms with Crippen LogP contribution in [0.25, 0.3) is 0 Å². The first-order valence-electron chi connectivity index (χ1n) is 10.5. The van der Waals surface area contributed by atoms with E-state index in [1.807, 2.05) is 26.0 Å². The molecule has 1 aromatic rings. The van der Waals surface area contributed by atoms with Crippen molar-refractivity contribution in [1.82, 2.24) is 10.6 Å². The number of rotatable bonds is 10. The first kappa shape index (κ1) is 25.0. The van der Waals surface area contributed by atoms with E-state index in [9.17, 15) is 24.7 Å². The molecule has 2 rings (SSSR count). The summed E-state index contributed by atoms with van der Waals surface area (Å²) in [5, 5.41) is 33.7. The molecule has 0 heterocycles. The Kier molecular flexibility index (Phi) is 9.15. The largest absolute Gasteiger partial charge is 0.497 e. The first-order valence-corrected chi connectivity index (χ1v) is 10.5. The third-order valence-corrected chi connectivity index (χ3v) is 5.54. The van der Waals surface area contributed by atoms with Gasteiger partial charge in [-0.05, 0) is 48.8 Å². The molecule has 0 fully saturated rings. The number of carbonyl (C=O) groups excluding carboxylic acids is 2. The second-order valence-corrected chi connectivity index (χ2v) is 8.31. The van der Waals surface area contributed by atoms with Gasteiger partial charge in [0.1, 0.15) is 17.5 Å². The van der Waals surface area contributed by atoms with Crippen LogP contribution in [-0.4, -0.2) is 66.9 Å². The number of carbonyl (C=O) groups is 2. The fraction of sp³-hybridized carbons (Fsp3) is 0.619. The molecule has 0 aromatic heterocycles. The second-order valence-electron chi connectivity index (χ2n) is 8.31. The monoisotopic (exact) mass is 436 g/mol. The Morgan fingerprint density at radius 3 is 2.45 bits per heavy atom. The van der Waals surface area contributed by atoms with E-state index in [0.717, 1.165) is 16.9 Å². The van der Waals surface area contributed by atoms with Gasteiger partial charge in [-0.15, -0.1) is 0 Å². The van der Waals surface area contributed by atoms with Crippen molar-refractivity contribution in [2.75, 3.05) is 20.8 Å². The summed E-state index contributed by atoms with van der Waals surface area (Å²) in [6, 6.07) is 2.52. The molecule has 0 radical (unpaired) electrons. The number of ether oxygens (including phenoxy) is 2. The normalized spacial score (nSPS) is 17.4. The molecule has 2 unspecified atom stereocenters. The van der Waals surface area contributed by atoms with Crippen LogP contribution in [0, 0.1) is 11.8 Å². The summed E-state index contributed by atoms with van der Waals surface area (Å²) in [5.41, 5.74) is 1.99. The first-order chi connectivity index (χ1) is 14.7. The molecule has 0 saturated heterocycles. The molecule has 0 bridgehead atoms. The molecule has 9 nitrogen and oxygen atoms in total. The highest BCUT2D eigenvalue weighted by Crippen LogP contribution is 2.35. The molecule has 1 aromatic carbocycles. The third-order valence-electron chi connectivity index (χ3n) is 5.54. The molecule has 5 N–H and O–H groups in total. The number of amides is 2. The summed E-state index contributed by atoms with van der Waals surface area (Å²) < 4.78 is 10.7. The van der Waals surface area contributed by atoms with Crippen LogP contribution < -0.4 is 20.1 Å². The lowest BCUT2D eigenvalue weighted by Crippen LogP contribution is -2.56. The van der Waals surface area contributed by atoms with Crippen molar-refractivity contribution in [3.05, 3.63) is 23.3 Å². The number of methoxy groups -OCH3 is 2. The van der Waals surface area contributed by atoms with Crippen LogP contribution in [0.3, 0.4) is 0 Å². The van der Waals surface area contributed by atoms with Crippen LogP contribution >= 0.6 is 0 Å². The SMILES string of the molecule is COc1cc2c(c(OC)c1)CCC(C(=O)N[C@@H](CO)C(=O)NC(CC(C)C)B(O)O)C2. The average Bonchev–Trinajstić information content (AvgIpc) is 2.74. The molecule has 2 amide bonds. The van der Waals surface area contributed by atoms with Gasteiger partial charge in [-0.25, -0.2) is 0 Å². The Hall–Kier alpha value is -2.30. The zero-order chi connectivity index (χ0) is 23.1. The van der Waals surface area contributed by atoms with Crippen molar-refractivity contribution in [2.45, 2.75) is 51.5 Å². The van der Waals surface area contributed by atoms with Crippen LogP contribution in [0.2, 0.25) is 0 Å². The van der Waals surface area contributed by atoms with Crippen LogP contribution in [0.5, 0.6) is 11.5 Å². The van der Waals surface area contributed by atoms with E-state index >= 15 is 0 Å². The Balaban J connectivity index is 2.05. The lowest BCUT2D eigenvalue weighted by Gasteiger charge is -2.28. The molecular weight excluding hydrogens is 403 g/mol. The van der Waals surface area contributed by atoms with Gasteiger partial charge in [0.05, 0.1) is 26.8 Å². The van der Waals surface area contributed by atoms with Gasteiger partial charge >= 0.3 is 7.12 Å². The molecule has 172 valence electrons. The summed E-state index contributed by atoms with van der Waals surface area (Å²) in [5.74, 6) is -0.783. The minimum Gasteiger partial charge on any atom is -0.497 e. The number of aliphatic hydroxyl groups excluding tert-OH is 1. The van der Waals surface area contributed by atoms with Crippen molar-refractivity contribution in [2.24, 2.45) is 11.8 Å². The Bertz CT molecular complexity index is 772. The van der Waals surface area contributed by atoms with E-state index in [1.54, 1.807) is 14.2 Å². The van der Waals surface area contributed by atoms with Gasteiger partial charge in [-0.1, -0.05) is 13.8 Å². The Morgan fingerprint density at radius 1 is 1.19 bits per heavy atom. The number of hydrogen-bond donors (Lipinski definition) is 5. The summed E-state index contributed by atoms with van der Waals surface area (Å²) in [6.45, 7) is 3.17. The number of hydrogen-bond acceptors (Lipinski definition) is 7. The van der Waals surface area contributed by atoms with Gasteiger partial charge in [0.2, 0.25) is 11.8 Å². The zero-order valence-electron chi connectivity index (χ0n) is 18.6. The molecular formula is C21H33BN2O7. The number of aliphatic hydroxyl groups is 1. The summed E-state index contributed by atoms with van der Waals surface area (Å²) in [7, 11) is 1.42. The number of fused-ring (bicyclic) bond motifs is 1. The van der Waals surface area contributed by atoms with Crippen LogP contribution in [0.4, 0.5) is 0 Å². The van der Waals surface area contributed by atoms with Gasteiger partial charge in [-0.3, -0.25) is 9.59 Å². The van der Waals surface area contributed by atoms with Crippen molar-refractivity contribution in [1.29, 1.82) is 0 Å². The molecule has 0 saturated carbocycles. The van der Waals surface area contributed by atoms with E-state index in [0.29, 0.717) is 31.4 Å². The van der Waals surface area contributed by atoms with Crippen LogP contribution in [-0.2, 0) is 22.4 Å². The highest BCUT2D eigenvalue weighted by molar-refractivity contribution is 6.43. The fourth-order valence-corrected chi connectivity index (χ4v) is 3.88. The van der Waals surface area contributed by atoms with Gasteiger partial charge < -0.3 is 35.3 Å². The molecule has 3 atom stereocenters. The van der Waals surface area contributed by atoms with Crippen molar-refractivity contribution >= 4 is 18.9 Å². The number of benzene rings is 1. The van der Waals surface area contributed by atoms with E-state index in [2.05, 4.69) is 10.6 Å². The highest BCUT2D eigenvalue weighted by atomic mass is 16.5. The van der Waals surface area contributed by atoms with E-state index < -0.39 is 31.6 Å². The topological polar surface area (TPSA) is 137 Å². The van der Waals surface area contributed by atoms with Gasteiger partial charge in [0.25, 0.3) is 0 Å². The van der Waals surface area contributed by atoms with Crippen LogP contribution in [0.1, 0.15) is 37.8 Å². The minimum absolute atomic E-state index is 0.116. The maximum absolute atomic E-state index is 12.8. The highest BCUT2D eigenvalue weighted by Gasteiger charge is 2.32. The Labute approximate surface area is 183 Å². The maximum Gasteiger partial charge on any atom is 0.475 e. The molecule has 0 aliphatic heterocycles. The zero-order valence-corrected chi connectivity index (χ0v) is 18.6. The van der Waals surface area contributed by atoms with Crippen molar-refractivity contribution in [3.63, 3.8) is 0 Å². The van der Waals surface area contributed by atoms with Gasteiger partial charge in [-0.2, -0.15) is 0 Å². The summed E-state index contributed by atoms with van der Waals surface area (Å²) >= 11 is 0. The predicted octanol–water partition coefficient (Wildman–Crippen LogP) is -0.171. The third kappa shape index (κ3) is 6.59. The quantitative estimate of drug-likeness (QED) is 0.321. The second kappa shape index (κ2) is 11.4. The Morgan fingerprint density at radius 2 is 1.90 bits per heavy atom. The lowest BCUT2D eigenvalue weighted by atomic mass is 9.75. The molecule has 1 aliphatic carbocycles. The van der Waals surface area contributed by atoms with E-state index in [-0.39, 0.29) is 17.7 Å². The lowest BCUT2D eigenvalue weighted by molar-refractivity contribution is -0.132. The minimum atomic E-state index is -1.73. The molecule has 31 heavy (non-hydrogen) atoms. The van der Waals surface area contributed by atoms with Gasteiger partial charge in [0, 0.05) is 12.0 Å². The summed E-state index contributed by atoms with van der Waals surface area (Å²) in [6.07, 6.45) is 2.02. The van der Waals surface area contributed by atoms with Crippen LogP contribution in [0.15, 0.2) is 12.1 Å². The molecule has 10 heteroatoms. The maximum atomic E-state index is 12.8. The number of nitrogens with one attached hydrogen (secondary N) is 2. The molecule has 0 spiro atoms. The van der Waals surface area contributed by atoms with E-state index in [4.69, 9.17) is 9.47 Å².